The Morgan fingerprint density at radius 1 is 1.33 bits per heavy atom. The summed E-state index contributed by atoms with van der Waals surface area (Å²) in [7, 11) is 0. The van der Waals surface area contributed by atoms with Crippen LogP contribution < -0.4 is 5.32 Å². The highest BCUT2D eigenvalue weighted by Gasteiger charge is 2.14. The van der Waals surface area contributed by atoms with Gasteiger partial charge in [0.15, 0.2) is 0 Å². The Kier molecular flexibility index (Phi) is 4.35. The van der Waals surface area contributed by atoms with Crippen molar-refractivity contribution in [2.24, 2.45) is 0 Å². The van der Waals surface area contributed by atoms with E-state index in [1.54, 1.807) is 29.2 Å². The van der Waals surface area contributed by atoms with Gasteiger partial charge in [0.25, 0.3) is 5.91 Å². The fourth-order valence-electron chi connectivity index (χ4n) is 2.30. The van der Waals surface area contributed by atoms with Crippen LogP contribution in [0.5, 0.6) is 0 Å². The van der Waals surface area contributed by atoms with E-state index in [2.05, 4.69) is 20.6 Å². The molecule has 0 aliphatic carbocycles. The van der Waals surface area contributed by atoms with Gasteiger partial charge in [-0.1, -0.05) is 16.8 Å². The third kappa shape index (κ3) is 3.30. The first-order valence-electron chi connectivity index (χ1n) is 7.32. The van der Waals surface area contributed by atoms with Gasteiger partial charge in [-0.3, -0.25) is 9.48 Å². The third-order valence-electron chi connectivity index (χ3n) is 3.63. The summed E-state index contributed by atoms with van der Waals surface area (Å²) in [6.45, 7) is 6.06. The van der Waals surface area contributed by atoms with Gasteiger partial charge in [-0.15, -0.1) is 0 Å². The molecule has 3 rings (SSSR count). The van der Waals surface area contributed by atoms with E-state index in [-0.39, 0.29) is 11.1 Å². The minimum absolute atomic E-state index is 0.176. The van der Waals surface area contributed by atoms with E-state index < -0.39 is 0 Å². The number of carbonyl (C=O) groups excluding carboxylic acids is 1. The molecule has 0 radical (unpaired) electrons. The van der Waals surface area contributed by atoms with E-state index in [1.807, 2.05) is 20.8 Å². The molecule has 0 unspecified atom stereocenters. The lowest BCUT2D eigenvalue weighted by molar-refractivity contribution is 0.102. The highest BCUT2D eigenvalue weighted by atomic mass is 35.5. The zero-order chi connectivity index (χ0) is 17.3. The van der Waals surface area contributed by atoms with Gasteiger partial charge in [-0.2, -0.15) is 5.10 Å². The number of rotatable bonds is 4. The van der Waals surface area contributed by atoms with Crippen molar-refractivity contribution < 1.29 is 9.32 Å². The molecule has 0 aliphatic heterocycles. The lowest BCUT2D eigenvalue weighted by Crippen LogP contribution is -2.12. The number of nitrogens with zero attached hydrogens (tertiary/aromatic N) is 4. The smallest absolute Gasteiger partial charge is 0.258 e. The Morgan fingerprint density at radius 3 is 2.79 bits per heavy atom. The fourth-order valence-corrected chi connectivity index (χ4v) is 2.58. The maximum atomic E-state index is 12.3. The molecule has 0 spiro atoms. The Bertz CT molecular complexity index is 880. The molecule has 124 valence electrons. The highest BCUT2D eigenvalue weighted by molar-refractivity contribution is 6.33. The molecular formula is C16H16ClN5O2. The van der Waals surface area contributed by atoms with Crippen molar-refractivity contribution in [2.45, 2.75) is 27.3 Å². The second-order valence-corrected chi connectivity index (χ2v) is 5.83. The van der Waals surface area contributed by atoms with E-state index in [0.29, 0.717) is 17.8 Å². The molecule has 3 heterocycles. The van der Waals surface area contributed by atoms with Gasteiger partial charge in [-0.05, 0) is 32.9 Å². The van der Waals surface area contributed by atoms with Gasteiger partial charge in [0.05, 0.1) is 29.7 Å². The topological polar surface area (TPSA) is 85.8 Å². The van der Waals surface area contributed by atoms with Crippen molar-refractivity contribution in [1.29, 1.82) is 0 Å². The number of hydrogen-bond acceptors (Lipinski definition) is 5. The zero-order valence-electron chi connectivity index (χ0n) is 13.5. The fraction of sp³-hybridized carbons (Fsp3) is 0.250. The number of aryl methyl sites for hydroxylation is 3. The van der Waals surface area contributed by atoms with Crippen LogP contribution in [0.1, 0.15) is 33.1 Å². The molecule has 24 heavy (non-hydrogen) atoms. The first kappa shape index (κ1) is 16.2. The molecule has 0 aromatic carbocycles. The van der Waals surface area contributed by atoms with Crippen molar-refractivity contribution in [3.63, 3.8) is 0 Å². The molecule has 3 aromatic heterocycles. The number of pyridine rings is 1. The minimum Gasteiger partial charge on any atom is -0.361 e. The van der Waals surface area contributed by atoms with Gasteiger partial charge in [0.2, 0.25) is 0 Å². The normalized spacial score (nSPS) is 10.8. The molecule has 3 aromatic rings. The molecule has 7 nitrogen and oxygen atoms in total. The summed E-state index contributed by atoms with van der Waals surface area (Å²) in [5.74, 6) is 0.426. The average Bonchev–Trinajstić information content (AvgIpc) is 3.09. The summed E-state index contributed by atoms with van der Waals surface area (Å²) in [6, 6.07) is 3.38. The molecule has 0 fully saturated rings. The monoisotopic (exact) mass is 345 g/mol. The molecule has 8 heteroatoms. The molecule has 1 N–H and O–H groups in total. The first-order chi connectivity index (χ1) is 11.4. The summed E-state index contributed by atoms with van der Waals surface area (Å²) < 4.78 is 6.84. The van der Waals surface area contributed by atoms with Crippen LogP contribution >= 0.6 is 11.6 Å². The number of carbonyl (C=O) groups is 1. The SMILES string of the molecule is Cc1ccc(C(=O)Nc2cnn(Cc3c(C)noc3C)c2)c(Cl)n1. The summed E-state index contributed by atoms with van der Waals surface area (Å²) >= 11 is 6.02. The lowest BCUT2D eigenvalue weighted by Gasteiger charge is -2.04. The summed E-state index contributed by atoms with van der Waals surface area (Å²) in [4.78, 5) is 16.4. The van der Waals surface area contributed by atoms with Crippen LogP contribution in [0.2, 0.25) is 5.15 Å². The highest BCUT2D eigenvalue weighted by Crippen LogP contribution is 2.17. The Labute approximate surface area is 143 Å². The van der Waals surface area contributed by atoms with Gasteiger partial charge < -0.3 is 9.84 Å². The Hall–Kier alpha value is -2.67. The van der Waals surface area contributed by atoms with Crippen molar-refractivity contribution in [1.82, 2.24) is 19.9 Å². The number of nitrogens with one attached hydrogen (secondary N) is 1. The number of anilines is 1. The Balaban J connectivity index is 1.73. The van der Waals surface area contributed by atoms with Gasteiger partial charge in [-0.25, -0.2) is 4.98 Å². The van der Waals surface area contributed by atoms with Crippen LogP contribution in [-0.2, 0) is 6.54 Å². The predicted octanol–water partition coefficient (Wildman–Crippen LogP) is 3.15. The zero-order valence-corrected chi connectivity index (χ0v) is 14.3. The van der Waals surface area contributed by atoms with E-state index in [9.17, 15) is 4.79 Å². The summed E-state index contributed by atoms with van der Waals surface area (Å²) in [5.41, 5.74) is 3.45. The molecule has 0 saturated carbocycles. The van der Waals surface area contributed by atoms with Crippen molar-refractivity contribution in [3.05, 3.63) is 58.0 Å². The van der Waals surface area contributed by atoms with Gasteiger partial charge in [0.1, 0.15) is 10.9 Å². The second-order valence-electron chi connectivity index (χ2n) is 5.47. The van der Waals surface area contributed by atoms with E-state index in [1.165, 1.54) is 0 Å². The largest absolute Gasteiger partial charge is 0.361 e. The van der Waals surface area contributed by atoms with Crippen LogP contribution in [-0.4, -0.2) is 25.8 Å². The second kappa shape index (κ2) is 6.45. The maximum absolute atomic E-state index is 12.3. The lowest BCUT2D eigenvalue weighted by atomic mass is 10.2. The number of hydrogen-bond donors (Lipinski definition) is 1. The van der Waals surface area contributed by atoms with Gasteiger partial charge in [0, 0.05) is 17.5 Å². The average molecular weight is 346 g/mol. The van der Waals surface area contributed by atoms with Crippen LogP contribution in [0.4, 0.5) is 5.69 Å². The maximum Gasteiger partial charge on any atom is 0.258 e. The number of halogens is 1. The summed E-state index contributed by atoms with van der Waals surface area (Å²) in [5, 5.41) is 11.1. The number of amides is 1. The van der Waals surface area contributed by atoms with Crippen LogP contribution in [0, 0.1) is 20.8 Å². The molecular weight excluding hydrogens is 330 g/mol. The van der Waals surface area contributed by atoms with Crippen molar-refractivity contribution in [2.75, 3.05) is 5.32 Å². The molecule has 0 bridgehead atoms. The molecule has 1 amide bonds. The van der Waals surface area contributed by atoms with Crippen LogP contribution in [0.15, 0.2) is 29.0 Å². The molecule has 0 aliphatic rings. The van der Waals surface area contributed by atoms with Crippen molar-refractivity contribution >= 4 is 23.2 Å². The van der Waals surface area contributed by atoms with Crippen LogP contribution in [0.25, 0.3) is 0 Å². The van der Waals surface area contributed by atoms with Crippen LogP contribution in [0.3, 0.4) is 0 Å². The number of aromatic nitrogens is 4. The quantitative estimate of drug-likeness (QED) is 0.734. The van der Waals surface area contributed by atoms with Gasteiger partial charge >= 0.3 is 0 Å². The van der Waals surface area contributed by atoms with Crippen molar-refractivity contribution in [3.8, 4) is 0 Å². The standard InChI is InChI=1S/C16H16ClN5O2/c1-9-4-5-13(15(17)19-9)16(23)20-12-6-18-22(7-12)8-14-10(2)21-24-11(14)3/h4-7H,8H2,1-3H3,(H,20,23). The molecule has 0 atom stereocenters. The van der Waals surface area contributed by atoms with E-state index in [4.69, 9.17) is 16.1 Å². The first-order valence-corrected chi connectivity index (χ1v) is 7.70. The third-order valence-corrected chi connectivity index (χ3v) is 3.91. The van der Waals surface area contributed by atoms with E-state index >= 15 is 0 Å². The molecule has 0 saturated heterocycles. The Morgan fingerprint density at radius 2 is 2.12 bits per heavy atom. The minimum atomic E-state index is -0.329. The van der Waals surface area contributed by atoms with E-state index in [0.717, 1.165) is 22.7 Å². The predicted molar refractivity (Wildman–Crippen MR) is 89.2 cm³/mol. The summed E-state index contributed by atoms with van der Waals surface area (Å²) in [6.07, 6.45) is 3.31.